The highest BCUT2D eigenvalue weighted by Gasteiger charge is 2.25. The molecule has 4 rings (SSSR count). The maximum absolute atomic E-state index is 12.7. The summed E-state index contributed by atoms with van der Waals surface area (Å²) in [5, 5.41) is 18.0. The fourth-order valence-electron chi connectivity index (χ4n) is 3.67. The number of carboxylic acids is 2. The van der Waals surface area contributed by atoms with Gasteiger partial charge in [-0.25, -0.2) is 4.79 Å². The molecule has 0 spiro atoms. The molecule has 35 heavy (non-hydrogen) atoms. The molecule has 0 unspecified atom stereocenters. The van der Waals surface area contributed by atoms with Gasteiger partial charge in [-0.1, -0.05) is 42.5 Å². The van der Waals surface area contributed by atoms with E-state index < -0.39 is 23.6 Å². The Hall–Kier alpha value is -4.66. The van der Waals surface area contributed by atoms with Crippen LogP contribution in [0.5, 0.6) is 5.75 Å². The van der Waals surface area contributed by atoms with Gasteiger partial charge in [0.1, 0.15) is 12.4 Å². The van der Waals surface area contributed by atoms with E-state index >= 15 is 0 Å². The maximum atomic E-state index is 12.7. The van der Waals surface area contributed by atoms with Gasteiger partial charge in [0.2, 0.25) is 0 Å². The van der Waals surface area contributed by atoms with Crippen LogP contribution in [0.1, 0.15) is 21.5 Å². The number of nitrogens with zero attached hydrogens (tertiary/aromatic N) is 1. The van der Waals surface area contributed by atoms with Gasteiger partial charge < -0.3 is 19.4 Å². The van der Waals surface area contributed by atoms with Crippen LogP contribution in [0.25, 0.3) is 11.1 Å². The molecule has 9 heteroatoms. The monoisotopic (exact) mass is 475 g/mol. The number of hydrogen-bond acceptors (Lipinski definition) is 6. The van der Waals surface area contributed by atoms with Crippen LogP contribution in [0, 0.1) is 5.92 Å². The molecule has 0 aliphatic heterocycles. The van der Waals surface area contributed by atoms with Gasteiger partial charge in [0.15, 0.2) is 17.3 Å². The first-order chi connectivity index (χ1) is 16.8. The SMILES string of the molecule is O=C(c1ccccc1)c1ccc2c(c1)oc(=O)n2CCOc1ccc(CC(C(=O)O)C(=O)O)cc1. The van der Waals surface area contributed by atoms with Crippen molar-refractivity contribution in [2.45, 2.75) is 13.0 Å². The predicted octanol–water partition coefficient (Wildman–Crippen LogP) is 3.23. The summed E-state index contributed by atoms with van der Waals surface area (Å²) in [6, 6.07) is 20.1. The molecular weight excluding hydrogens is 454 g/mol. The molecule has 0 saturated heterocycles. The topological polar surface area (TPSA) is 136 Å². The molecule has 1 aromatic heterocycles. The van der Waals surface area contributed by atoms with Gasteiger partial charge in [-0.3, -0.25) is 19.0 Å². The van der Waals surface area contributed by atoms with Crippen LogP contribution in [-0.4, -0.2) is 39.1 Å². The second kappa shape index (κ2) is 10.1. The van der Waals surface area contributed by atoms with E-state index in [0.29, 0.717) is 33.5 Å². The zero-order valence-corrected chi connectivity index (χ0v) is 18.4. The lowest BCUT2D eigenvalue weighted by Gasteiger charge is -2.10. The third-order valence-electron chi connectivity index (χ3n) is 5.51. The molecule has 0 amide bonds. The number of oxazole rings is 1. The highest BCUT2D eigenvalue weighted by molar-refractivity contribution is 6.10. The molecule has 0 saturated carbocycles. The summed E-state index contributed by atoms with van der Waals surface area (Å²) in [5.41, 5.74) is 2.33. The van der Waals surface area contributed by atoms with Crippen molar-refractivity contribution < 1.29 is 33.8 Å². The number of carboxylic acid groups (broad SMARTS) is 2. The first kappa shape index (κ1) is 23.5. The van der Waals surface area contributed by atoms with E-state index in [0.717, 1.165) is 0 Å². The number of fused-ring (bicyclic) bond motifs is 1. The molecule has 3 aromatic carbocycles. The average molecular weight is 475 g/mol. The van der Waals surface area contributed by atoms with Crippen molar-refractivity contribution in [1.29, 1.82) is 0 Å². The van der Waals surface area contributed by atoms with Crippen molar-refractivity contribution in [3.63, 3.8) is 0 Å². The van der Waals surface area contributed by atoms with E-state index in [1.165, 1.54) is 4.57 Å². The Bertz CT molecular complexity index is 1420. The molecule has 0 atom stereocenters. The summed E-state index contributed by atoms with van der Waals surface area (Å²) in [6.45, 7) is 0.338. The summed E-state index contributed by atoms with van der Waals surface area (Å²) in [4.78, 5) is 47.1. The number of rotatable bonds is 10. The molecule has 9 nitrogen and oxygen atoms in total. The molecule has 0 radical (unpaired) electrons. The fraction of sp³-hybridized carbons (Fsp3) is 0.154. The number of ether oxygens (including phenoxy) is 1. The molecule has 1 heterocycles. The Labute approximate surface area is 198 Å². The van der Waals surface area contributed by atoms with Gasteiger partial charge in [0, 0.05) is 11.1 Å². The summed E-state index contributed by atoms with van der Waals surface area (Å²) < 4.78 is 12.4. The normalized spacial score (nSPS) is 11.0. The van der Waals surface area contributed by atoms with Gasteiger partial charge in [-0.15, -0.1) is 0 Å². The van der Waals surface area contributed by atoms with E-state index in [-0.39, 0.29) is 25.4 Å². The van der Waals surface area contributed by atoms with Crippen LogP contribution < -0.4 is 10.5 Å². The maximum Gasteiger partial charge on any atom is 0.420 e. The highest BCUT2D eigenvalue weighted by Crippen LogP contribution is 2.19. The molecule has 0 aliphatic carbocycles. The average Bonchev–Trinajstić information content (AvgIpc) is 3.17. The number of ketones is 1. The summed E-state index contributed by atoms with van der Waals surface area (Å²) >= 11 is 0. The minimum Gasteiger partial charge on any atom is -0.492 e. The second-order valence-corrected chi connectivity index (χ2v) is 7.82. The number of aromatic nitrogens is 1. The van der Waals surface area contributed by atoms with Crippen molar-refractivity contribution in [2.24, 2.45) is 5.92 Å². The van der Waals surface area contributed by atoms with Crippen LogP contribution in [0.3, 0.4) is 0 Å². The third kappa shape index (κ3) is 5.30. The van der Waals surface area contributed by atoms with Crippen molar-refractivity contribution >= 4 is 28.8 Å². The predicted molar refractivity (Wildman–Crippen MR) is 125 cm³/mol. The van der Waals surface area contributed by atoms with E-state index in [4.69, 9.17) is 19.4 Å². The minimum absolute atomic E-state index is 0.143. The summed E-state index contributed by atoms with van der Waals surface area (Å²) in [7, 11) is 0. The van der Waals surface area contributed by atoms with Crippen molar-refractivity contribution in [2.75, 3.05) is 6.61 Å². The van der Waals surface area contributed by atoms with E-state index in [1.807, 2.05) is 6.07 Å². The molecule has 0 fully saturated rings. The van der Waals surface area contributed by atoms with Gasteiger partial charge in [-0.05, 0) is 42.3 Å². The Kier molecular flexibility index (Phi) is 6.77. The van der Waals surface area contributed by atoms with E-state index in [2.05, 4.69) is 0 Å². The van der Waals surface area contributed by atoms with Crippen LogP contribution >= 0.6 is 0 Å². The third-order valence-corrected chi connectivity index (χ3v) is 5.51. The Morgan fingerprint density at radius 2 is 1.57 bits per heavy atom. The first-order valence-electron chi connectivity index (χ1n) is 10.7. The van der Waals surface area contributed by atoms with Crippen molar-refractivity contribution in [3.8, 4) is 5.75 Å². The minimum atomic E-state index is -1.52. The highest BCUT2D eigenvalue weighted by atomic mass is 16.5. The number of carbonyl (C=O) groups is 3. The summed E-state index contributed by atoms with van der Waals surface area (Å²) in [6.07, 6.45) is -0.143. The molecule has 178 valence electrons. The Balaban J connectivity index is 1.41. The smallest absolute Gasteiger partial charge is 0.420 e. The lowest BCUT2D eigenvalue weighted by molar-refractivity contribution is -0.154. The fourth-order valence-corrected chi connectivity index (χ4v) is 3.67. The number of hydrogen-bond donors (Lipinski definition) is 2. The first-order valence-corrected chi connectivity index (χ1v) is 10.7. The molecule has 2 N–H and O–H groups in total. The standard InChI is InChI=1S/C26H21NO8/c28-23(17-4-2-1-3-5-17)18-8-11-21-22(15-18)35-26(33)27(21)12-13-34-19-9-6-16(7-10-19)14-20(24(29)30)25(31)32/h1-11,15,20H,12-14H2,(H,29,30)(H,31,32). The van der Waals surface area contributed by atoms with Gasteiger partial charge >= 0.3 is 17.7 Å². The van der Waals surface area contributed by atoms with Crippen LogP contribution in [0.15, 0.2) is 82.0 Å². The molecule has 0 bridgehead atoms. The Morgan fingerprint density at radius 1 is 0.886 bits per heavy atom. The zero-order chi connectivity index (χ0) is 24.9. The number of carbonyl (C=O) groups excluding carboxylic acids is 1. The van der Waals surface area contributed by atoms with Gasteiger partial charge in [0.05, 0.1) is 12.1 Å². The number of benzene rings is 3. The molecule has 0 aliphatic rings. The largest absolute Gasteiger partial charge is 0.492 e. The van der Waals surface area contributed by atoms with E-state index in [1.54, 1.807) is 66.7 Å². The molecular formula is C26H21NO8. The lowest BCUT2D eigenvalue weighted by Crippen LogP contribution is -2.25. The zero-order valence-electron chi connectivity index (χ0n) is 18.4. The quantitative estimate of drug-likeness (QED) is 0.264. The summed E-state index contributed by atoms with van der Waals surface area (Å²) in [5.74, 6) is -4.58. The van der Waals surface area contributed by atoms with Crippen LogP contribution in [-0.2, 0) is 22.6 Å². The van der Waals surface area contributed by atoms with E-state index in [9.17, 15) is 19.2 Å². The Morgan fingerprint density at radius 3 is 2.23 bits per heavy atom. The number of aliphatic carboxylic acids is 2. The van der Waals surface area contributed by atoms with Crippen molar-refractivity contribution in [1.82, 2.24) is 4.57 Å². The molecule has 4 aromatic rings. The van der Waals surface area contributed by atoms with Crippen LogP contribution in [0.2, 0.25) is 0 Å². The van der Waals surface area contributed by atoms with Gasteiger partial charge in [-0.2, -0.15) is 0 Å². The van der Waals surface area contributed by atoms with Crippen molar-refractivity contribution in [3.05, 3.63) is 100 Å². The van der Waals surface area contributed by atoms with Gasteiger partial charge in [0.25, 0.3) is 0 Å². The second-order valence-electron chi connectivity index (χ2n) is 7.82. The lowest BCUT2D eigenvalue weighted by atomic mass is 10.00. The van der Waals surface area contributed by atoms with Crippen LogP contribution in [0.4, 0.5) is 0 Å².